The molecule has 4 nitrogen and oxygen atoms in total. The van der Waals surface area contributed by atoms with E-state index in [1.807, 2.05) is 31.2 Å². The summed E-state index contributed by atoms with van der Waals surface area (Å²) in [4.78, 5) is 11.6. The van der Waals surface area contributed by atoms with Gasteiger partial charge in [-0.25, -0.2) is 0 Å². The zero-order valence-corrected chi connectivity index (χ0v) is 12.3. The van der Waals surface area contributed by atoms with Gasteiger partial charge in [-0.1, -0.05) is 13.8 Å². The molecule has 1 fully saturated rings. The Morgan fingerprint density at radius 3 is 2.50 bits per heavy atom. The number of ether oxygens (including phenoxy) is 3. The van der Waals surface area contributed by atoms with Gasteiger partial charge in [0.05, 0.1) is 19.6 Å². The van der Waals surface area contributed by atoms with E-state index in [4.69, 9.17) is 14.2 Å². The number of hydrogen-bond acceptors (Lipinski definition) is 4. The van der Waals surface area contributed by atoms with Gasteiger partial charge in [-0.15, -0.1) is 0 Å². The highest BCUT2D eigenvalue weighted by atomic mass is 16.5. The first-order valence-electron chi connectivity index (χ1n) is 7.07. The number of hydrogen-bond donors (Lipinski definition) is 0. The molecule has 0 spiro atoms. The molecule has 1 aliphatic rings. The lowest BCUT2D eigenvalue weighted by atomic mass is 9.88. The van der Waals surface area contributed by atoms with Gasteiger partial charge in [-0.3, -0.25) is 4.79 Å². The number of carbonyl (C=O) groups excluding carboxylic acids is 1. The van der Waals surface area contributed by atoms with E-state index in [1.165, 1.54) is 0 Å². The second kappa shape index (κ2) is 6.64. The molecule has 110 valence electrons. The van der Waals surface area contributed by atoms with E-state index in [0.29, 0.717) is 12.5 Å². The third-order valence-corrected chi connectivity index (χ3v) is 3.76. The fourth-order valence-electron chi connectivity index (χ4n) is 2.50. The molecule has 0 aliphatic carbocycles. The molecule has 1 aromatic carbocycles. The van der Waals surface area contributed by atoms with Gasteiger partial charge in [0.2, 0.25) is 0 Å². The summed E-state index contributed by atoms with van der Waals surface area (Å²) in [7, 11) is 1.63. The number of rotatable bonds is 5. The SMILES string of the molecule is COc1ccc(OCC[C@H]2OC(=O)[C@@H](C)C[C@@H]2C)cc1. The van der Waals surface area contributed by atoms with Gasteiger partial charge in [0.25, 0.3) is 0 Å². The Hall–Kier alpha value is -1.71. The first kappa shape index (κ1) is 14.7. The van der Waals surface area contributed by atoms with Crippen LogP contribution in [0, 0.1) is 11.8 Å². The molecule has 1 aliphatic heterocycles. The molecule has 20 heavy (non-hydrogen) atoms. The van der Waals surface area contributed by atoms with Crippen molar-refractivity contribution in [2.45, 2.75) is 32.8 Å². The summed E-state index contributed by atoms with van der Waals surface area (Å²) in [6.45, 7) is 4.59. The number of esters is 1. The molecule has 4 heteroatoms. The van der Waals surface area contributed by atoms with E-state index in [2.05, 4.69) is 6.92 Å². The van der Waals surface area contributed by atoms with Gasteiger partial charge in [0, 0.05) is 6.42 Å². The topological polar surface area (TPSA) is 44.8 Å². The summed E-state index contributed by atoms with van der Waals surface area (Å²) in [6, 6.07) is 7.47. The minimum atomic E-state index is -0.0856. The fraction of sp³-hybridized carbons (Fsp3) is 0.562. The van der Waals surface area contributed by atoms with Crippen LogP contribution in [0.15, 0.2) is 24.3 Å². The highest BCUT2D eigenvalue weighted by Gasteiger charge is 2.32. The maximum absolute atomic E-state index is 11.6. The van der Waals surface area contributed by atoms with Crippen LogP contribution < -0.4 is 9.47 Å². The largest absolute Gasteiger partial charge is 0.497 e. The normalized spacial score (nSPS) is 25.9. The Morgan fingerprint density at radius 1 is 1.20 bits per heavy atom. The van der Waals surface area contributed by atoms with Crippen molar-refractivity contribution in [1.82, 2.24) is 0 Å². The Kier molecular flexibility index (Phi) is 4.88. The van der Waals surface area contributed by atoms with Crippen molar-refractivity contribution in [2.24, 2.45) is 11.8 Å². The maximum Gasteiger partial charge on any atom is 0.308 e. The maximum atomic E-state index is 11.6. The van der Waals surface area contributed by atoms with Crippen LogP contribution in [0.3, 0.4) is 0 Å². The average Bonchev–Trinajstić information content (AvgIpc) is 2.45. The first-order chi connectivity index (χ1) is 9.60. The van der Waals surface area contributed by atoms with Crippen LogP contribution in [0.25, 0.3) is 0 Å². The monoisotopic (exact) mass is 278 g/mol. The summed E-state index contributed by atoms with van der Waals surface area (Å²) in [5.74, 6) is 1.93. The quantitative estimate of drug-likeness (QED) is 0.777. The van der Waals surface area contributed by atoms with Gasteiger partial charge in [-0.2, -0.15) is 0 Å². The van der Waals surface area contributed by atoms with E-state index in [0.717, 1.165) is 24.3 Å². The molecular weight excluding hydrogens is 256 g/mol. The van der Waals surface area contributed by atoms with Crippen molar-refractivity contribution in [1.29, 1.82) is 0 Å². The Morgan fingerprint density at radius 2 is 1.85 bits per heavy atom. The highest BCUT2D eigenvalue weighted by Crippen LogP contribution is 2.27. The van der Waals surface area contributed by atoms with Gasteiger partial charge in [-0.05, 0) is 36.6 Å². The molecule has 0 bridgehead atoms. The molecule has 1 heterocycles. The minimum Gasteiger partial charge on any atom is -0.497 e. The van der Waals surface area contributed by atoms with Gasteiger partial charge in [0.1, 0.15) is 17.6 Å². The van der Waals surface area contributed by atoms with Gasteiger partial charge < -0.3 is 14.2 Å². The lowest BCUT2D eigenvalue weighted by Gasteiger charge is -2.31. The molecule has 1 aromatic rings. The van der Waals surface area contributed by atoms with Gasteiger partial charge >= 0.3 is 5.97 Å². The van der Waals surface area contributed by atoms with Crippen LogP contribution in [0.5, 0.6) is 11.5 Å². The van der Waals surface area contributed by atoms with Crippen LogP contribution in [0.4, 0.5) is 0 Å². The van der Waals surface area contributed by atoms with Gasteiger partial charge in [0.15, 0.2) is 0 Å². The zero-order chi connectivity index (χ0) is 14.5. The number of carbonyl (C=O) groups is 1. The highest BCUT2D eigenvalue weighted by molar-refractivity contribution is 5.72. The third kappa shape index (κ3) is 3.65. The van der Waals surface area contributed by atoms with E-state index in [1.54, 1.807) is 7.11 Å². The molecule has 2 rings (SSSR count). The number of benzene rings is 1. The molecule has 0 radical (unpaired) electrons. The van der Waals surface area contributed by atoms with Crippen LogP contribution in [-0.2, 0) is 9.53 Å². The first-order valence-corrected chi connectivity index (χ1v) is 7.07. The predicted octanol–water partition coefficient (Wildman–Crippen LogP) is 3.05. The standard InChI is InChI=1S/C16H22O4/c1-11-10-12(2)16(17)20-15(11)8-9-19-14-6-4-13(18-3)5-7-14/h4-7,11-12,15H,8-10H2,1-3H3/t11-,12-,15+/m0/s1. The molecular formula is C16H22O4. The van der Waals surface area contributed by atoms with Crippen molar-refractivity contribution in [3.05, 3.63) is 24.3 Å². The molecule has 0 N–H and O–H groups in total. The van der Waals surface area contributed by atoms with Crippen LogP contribution >= 0.6 is 0 Å². The smallest absolute Gasteiger partial charge is 0.308 e. The van der Waals surface area contributed by atoms with Crippen molar-refractivity contribution >= 4 is 5.97 Å². The molecule has 1 saturated heterocycles. The summed E-state index contributed by atoms with van der Waals surface area (Å²) in [5, 5.41) is 0. The minimum absolute atomic E-state index is 0.0174. The Labute approximate surface area is 120 Å². The van der Waals surface area contributed by atoms with E-state index in [9.17, 15) is 4.79 Å². The Balaban J connectivity index is 1.78. The second-order valence-corrected chi connectivity index (χ2v) is 5.40. The van der Waals surface area contributed by atoms with Crippen molar-refractivity contribution in [2.75, 3.05) is 13.7 Å². The fourth-order valence-corrected chi connectivity index (χ4v) is 2.50. The van der Waals surface area contributed by atoms with E-state index >= 15 is 0 Å². The average molecular weight is 278 g/mol. The molecule has 0 aromatic heterocycles. The van der Waals surface area contributed by atoms with Crippen molar-refractivity contribution in [3.63, 3.8) is 0 Å². The zero-order valence-electron chi connectivity index (χ0n) is 12.3. The molecule has 3 atom stereocenters. The summed E-state index contributed by atoms with van der Waals surface area (Å²) >= 11 is 0. The van der Waals surface area contributed by atoms with Crippen LogP contribution in [0.2, 0.25) is 0 Å². The Bertz CT molecular complexity index is 440. The second-order valence-electron chi connectivity index (χ2n) is 5.40. The number of cyclic esters (lactones) is 1. The lowest BCUT2D eigenvalue weighted by molar-refractivity contribution is -0.164. The molecule has 0 unspecified atom stereocenters. The molecule has 0 amide bonds. The lowest BCUT2D eigenvalue weighted by Crippen LogP contribution is -2.36. The number of methoxy groups -OCH3 is 1. The van der Waals surface area contributed by atoms with Crippen molar-refractivity contribution in [3.8, 4) is 11.5 Å². The summed E-state index contributed by atoms with van der Waals surface area (Å²) < 4.78 is 16.2. The molecule has 0 saturated carbocycles. The van der Waals surface area contributed by atoms with Crippen LogP contribution in [0.1, 0.15) is 26.7 Å². The van der Waals surface area contributed by atoms with Crippen molar-refractivity contribution < 1.29 is 19.0 Å². The summed E-state index contributed by atoms with van der Waals surface area (Å²) in [6.07, 6.45) is 1.59. The van der Waals surface area contributed by atoms with E-state index in [-0.39, 0.29) is 18.0 Å². The predicted molar refractivity (Wildman–Crippen MR) is 75.9 cm³/mol. The summed E-state index contributed by atoms with van der Waals surface area (Å²) in [5.41, 5.74) is 0. The van der Waals surface area contributed by atoms with Crippen LogP contribution in [-0.4, -0.2) is 25.8 Å². The third-order valence-electron chi connectivity index (χ3n) is 3.76. The van der Waals surface area contributed by atoms with E-state index < -0.39 is 0 Å².